The summed E-state index contributed by atoms with van der Waals surface area (Å²) in [4.78, 5) is 14.9. The maximum absolute atomic E-state index is 13.7. The number of alkyl halides is 6. The maximum Gasteiger partial charge on any atom is 0.435 e. The molecule has 222 valence electrons. The normalized spacial score (nSPS) is 22.9. The smallest absolute Gasteiger partial charge is 0.387 e. The van der Waals surface area contributed by atoms with Crippen LogP contribution in [0.25, 0.3) is 22.0 Å². The van der Waals surface area contributed by atoms with Crippen LogP contribution in [0, 0.1) is 0 Å². The minimum absolute atomic E-state index is 0.109. The third-order valence-electron chi connectivity index (χ3n) is 8.32. The summed E-state index contributed by atoms with van der Waals surface area (Å²) in [5, 5.41) is 15.1. The number of fused-ring (bicyclic) bond motifs is 1. The van der Waals surface area contributed by atoms with E-state index in [4.69, 9.17) is 4.74 Å². The van der Waals surface area contributed by atoms with Gasteiger partial charge in [-0.2, -0.15) is 31.4 Å². The van der Waals surface area contributed by atoms with Crippen molar-refractivity contribution < 1.29 is 41.0 Å². The fraction of sp³-hybridized carbons (Fsp3) is 0.400. The molecule has 0 spiro atoms. The molecular formula is C30H27F6N3O3. The van der Waals surface area contributed by atoms with Gasteiger partial charge >= 0.3 is 12.4 Å². The van der Waals surface area contributed by atoms with Crippen molar-refractivity contribution in [3.63, 3.8) is 0 Å². The van der Waals surface area contributed by atoms with E-state index in [-0.39, 0.29) is 43.9 Å². The van der Waals surface area contributed by atoms with Crippen molar-refractivity contribution in [3.8, 4) is 11.1 Å². The van der Waals surface area contributed by atoms with E-state index >= 15 is 0 Å². The molecule has 2 atom stereocenters. The van der Waals surface area contributed by atoms with Crippen LogP contribution in [0.2, 0.25) is 0 Å². The molecule has 4 aromatic rings. The highest BCUT2D eigenvalue weighted by molar-refractivity contribution is 5.98. The highest BCUT2D eigenvalue weighted by Crippen LogP contribution is 2.48. The molecule has 2 unspecified atom stereocenters. The molecule has 2 fully saturated rings. The Morgan fingerprint density at radius 2 is 1.79 bits per heavy atom. The number of nitrogens with one attached hydrogen (secondary N) is 1. The summed E-state index contributed by atoms with van der Waals surface area (Å²) in [6, 6.07) is 13.2. The Labute approximate surface area is 236 Å². The lowest BCUT2D eigenvalue weighted by Crippen LogP contribution is -2.48. The number of rotatable bonds is 5. The van der Waals surface area contributed by atoms with Crippen LogP contribution in [-0.4, -0.2) is 37.9 Å². The molecule has 3 heterocycles. The molecule has 1 saturated heterocycles. The fourth-order valence-electron chi connectivity index (χ4n) is 6.19. The molecule has 1 saturated carbocycles. The molecule has 42 heavy (non-hydrogen) atoms. The van der Waals surface area contributed by atoms with Crippen molar-refractivity contribution >= 4 is 16.7 Å². The second-order valence-corrected chi connectivity index (χ2v) is 11.6. The van der Waals surface area contributed by atoms with Gasteiger partial charge in [-0.1, -0.05) is 37.3 Å². The van der Waals surface area contributed by atoms with Crippen molar-refractivity contribution in [2.75, 3.05) is 6.61 Å². The average Bonchev–Trinajstić information content (AvgIpc) is 3.50. The topological polar surface area (TPSA) is 80.1 Å². The lowest BCUT2D eigenvalue weighted by atomic mass is 9.74. The van der Waals surface area contributed by atoms with E-state index in [1.54, 1.807) is 18.2 Å². The number of para-hydroxylation sites is 1. The Bertz CT molecular complexity index is 1660. The Morgan fingerprint density at radius 3 is 2.48 bits per heavy atom. The van der Waals surface area contributed by atoms with E-state index in [9.17, 15) is 36.2 Å². The molecule has 2 aromatic heterocycles. The van der Waals surface area contributed by atoms with Crippen LogP contribution >= 0.6 is 0 Å². The second kappa shape index (κ2) is 9.70. The Kier molecular flexibility index (Phi) is 6.58. The number of ether oxygens (including phenoxy) is 1. The number of aliphatic hydroxyl groups is 1. The first-order valence-electron chi connectivity index (χ1n) is 13.4. The van der Waals surface area contributed by atoms with E-state index in [0.29, 0.717) is 28.8 Å². The van der Waals surface area contributed by atoms with Gasteiger partial charge in [0.2, 0.25) is 0 Å². The average molecular weight is 592 g/mol. The van der Waals surface area contributed by atoms with Gasteiger partial charge in [0, 0.05) is 47.0 Å². The monoisotopic (exact) mass is 591 g/mol. The molecule has 2 aliphatic rings. The minimum Gasteiger partial charge on any atom is -0.387 e. The summed E-state index contributed by atoms with van der Waals surface area (Å²) in [6.45, 7) is 1.77. The number of benzene rings is 2. The number of hydrogen-bond acceptors (Lipinski definition) is 4. The molecule has 6 rings (SSSR count). The van der Waals surface area contributed by atoms with Crippen molar-refractivity contribution in [3.05, 3.63) is 77.2 Å². The molecule has 0 radical (unpaired) electrons. The van der Waals surface area contributed by atoms with E-state index < -0.39 is 40.7 Å². The quantitative estimate of drug-likeness (QED) is 0.246. The van der Waals surface area contributed by atoms with Gasteiger partial charge in [-0.25, -0.2) is 0 Å². The van der Waals surface area contributed by atoms with Gasteiger partial charge in [0.1, 0.15) is 11.9 Å². The van der Waals surface area contributed by atoms with E-state index in [1.165, 1.54) is 6.07 Å². The van der Waals surface area contributed by atoms with Crippen LogP contribution in [0.1, 0.15) is 61.4 Å². The predicted molar refractivity (Wildman–Crippen MR) is 140 cm³/mol. The van der Waals surface area contributed by atoms with Crippen molar-refractivity contribution in [1.29, 1.82) is 0 Å². The molecule has 1 aliphatic carbocycles. The number of nitrogens with zero attached hydrogens (tertiary/aromatic N) is 2. The van der Waals surface area contributed by atoms with Gasteiger partial charge in [0.15, 0.2) is 5.69 Å². The van der Waals surface area contributed by atoms with Crippen molar-refractivity contribution in [2.45, 2.75) is 68.6 Å². The minimum atomic E-state index is -4.75. The molecule has 0 bridgehead atoms. The molecule has 0 amide bonds. The standard InChI is InChI=1S/C30H27F6N3O3/c1-27(26-25(20-7-2-3-8-21(20)37-26)17-5-4-6-18(11-17)29(31,32)33)9-10-42-23(15-27)22-12-24(30(34,35)36)38-39(22)16-28(41)13-19(40)14-28/h2-8,11-12,23,37,41H,9-10,13-16H2,1H3. The molecule has 2 aromatic carbocycles. The highest BCUT2D eigenvalue weighted by atomic mass is 19.4. The van der Waals surface area contributed by atoms with Gasteiger partial charge < -0.3 is 14.8 Å². The van der Waals surface area contributed by atoms with E-state index in [1.807, 2.05) is 19.1 Å². The van der Waals surface area contributed by atoms with Crippen LogP contribution in [0.15, 0.2) is 54.6 Å². The van der Waals surface area contributed by atoms with Crippen molar-refractivity contribution in [1.82, 2.24) is 14.8 Å². The van der Waals surface area contributed by atoms with Gasteiger partial charge in [0.25, 0.3) is 0 Å². The van der Waals surface area contributed by atoms with Crippen LogP contribution in [0.4, 0.5) is 26.3 Å². The van der Waals surface area contributed by atoms with E-state index in [0.717, 1.165) is 28.3 Å². The summed E-state index contributed by atoms with van der Waals surface area (Å²) < 4.78 is 89.1. The molecule has 1 aliphatic heterocycles. The summed E-state index contributed by atoms with van der Waals surface area (Å²) in [7, 11) is 0. The lowest BCUT2D eigenvalue weighted by molar-refractivity contribution is -0.146. The van der Waals surface area contributed by atoms with Crippen LogP contribution in [0.5, 0.6) is 0 Å². The van der Waals surface area contributed by atoms with Crippen LogP contribution < -0.4 is 0 Å². The Balaban J connectivity index is 1.43. The number of aromatic nitrogens is 3. The number of H-pyrrole nitrogens is 1. The number of ketones is 1. The van der Waals surface area contributed by atoms with Gasteiger partial charge in [-0.05, 0) is 42.7 Å². The first-order chi connectivity index (χ1) is 19.7. The largest absolute Gasteiger partial charge is 0.435 e. The fourth-order valence-corrected chi connectivity index (χ4v) is 6.19. The number of carbonyl (C=O) groups excluding carboxylic acids is 1. The zero-order chi connectivity index (χ0) is 30.1. The van der Waals surface area contributed by atoms with Gasteiger partial charge in [-0.15, -0.1) is 0 Å². The molecular weight excluding hydrogens is 564 g/mol. The number of halogens is 6. The number of carbonyl (C=O) groups is 1. The summed E-state index contributed by atoms with van der Waals surface area (Å²) in [5.41, 5.74) is -1.74. The van der Waals surface area contributed by atoms with Gasteiger partial charge in [0.05, 0.1) is 23.4 Å². The van der Waals surface area contributed by atoms with Crippen LogP contribution in [0.3, 0.4) is 0 Å². The first kappa shape index (κ1) is 28.5. The van der Waals surface area contributed by atoms with Crippen LogP contribution in [-0.2, 0) is 33.8 Å². The second-order valence-electron chi connectivity index (χ2n) is 11.6. The summed E-state index contributed by atoms with van der Waals surface area (Å²) >= 11 is 0. The first-order valence-corrected chi connectivity index (χ1v) is 13.4. The van der Waals surface area contributed by atoms with E-state index in [2.05, 4.69) is 10.1 Å². The number of hydrogen-bond donors (Lipinski definition) is 2. The summed E-state index contributed by atoms with van der Waals surface area (Å²) in [6.07, 6.45) is -9.87. The third-order valence-corrected chi connectivity index (χ3v) is 8.32. The lowest BCUT2D eigenvalue weighted by Gasteiger charge is -2.40. The maximum atomic E-state index is 13.7. The SMILES string of the molecule is CC1(c2[nH]c3ccccc3c2-c2cccc(C(F)(F)F)c2)CCOC(c2cc(C(F)(F)F)nn2CC2(O)CC(=O)C2)C1. The molecule has 6 nitrogen and oxygen atoms in total. The summed E-state index contributed by atoms with van der Waals surface area (Å²) in [5.74, 6) is -0.190. The zero-order valence-electron chi connectivity index (χ0n) is 22.4. The Morgan fingerprint density at radius 1 is 1.05 bits per heavy atom. The highest BCUT2D eigenvalue weighted by Gasteiger charge is 2.46. The number of Topliss-reactive ketones (excluding diaryl/α,β-unsaturated/α-hetero) is 1. The predicted octanol–water partition coefficient (Wildman–Crippen LogP) is 6.97. The van der Waals surface area contributed by atoms with Gasteiger partial charge in [-0.3, -0.25) is 9.48 Å². The Hall–Kier alpha value is -3.64. The zero-order valence-corrected chi connectivity index (χ0v) is 22.4. The molecule has 12 heteroatoms. The third kappa shape index (κ3) is 5.11. The number of aromatic amines is 1. The molecule has 2 N–H and O–H groups in total. The van der Waals surface area contributed by atoms with Crippen molar-refractivity contribution in [2.24, 2.45) is 0 Å².